The van der Waals surface area contributed by atoms with E-state index in [1.54, 1.807) is 0 Å². The number of hydrogen-bond acceptors (Lipinski definition) is 8. The Hall–Kier alpha value is -3.46. The van der Waals surface area contributed by atoms with Crippen molar-refractivity contribution >= 4 is 35.6 Å². The highest BCUT2D eigenvalue weighted by molar-refractivity contribution is 5.94. The van der Waals surface area contributed by atoms with Gasteiger partial charge in [0, 0.05) is 6.54 Å². The number of aliphatic hydroxyl groups is 1. The van der Waals surface area contributed by atoms with E-state index in [-0.39, 0.29) is 25.3 Å². The molecule has 0 radical (unpaired) electrons. The lowest BCUT2D eigenvalue weighted by Gasteiger charge is -2.19. The molecule has 3 amide bonds. The summed E-state index contributed by atoms with van der Waals surface area (Å²) in [4.78, 5) is 61.4. The van der Waals surface area contributed by atoms with Gasteiger partial charge in [-0.2, -0.15) is 0 Å². The van der Waals surface area contributed by atoms with Crippen molar-refractivity contribution in [2.45, 2.75) is 37.4 Å². The van der Waals surface area contributed by atoms with Crippen LogP contribution in [-0.4, -0.2) is 88.8 Å². The maximum Gasteiger partial charge on any atom is 0.326 e. The highest BCUT2D eigenvalue weighted by atomic mass is 16.4. The first-order valence-corrected chi connectivity index (χ1v) is 8.71. The first kappa shape index (κ1) is 26.5. The van der Waals surface area contributed by atoms with Gasteiger partial charge in [-0.05, 0) is 12.8 Å². The molecule has 12 N–H and O–H groups in total. The van der Waals surface area contributed by atoms with Crippen LogP contribution in [0.15, 0.2) is 4.99 Å². The van der Waals surface area contributed by atoms with Crippen molar-refractivity contribution in [3.63, 3.8) is 0 Å². The van der Waals surface area contributed by atoms with Gasteiger partial charge >= 0.3 is 11.9 Å². The monoisotopic (exact) mass is 433 g/mol. The van der Waals surface area contributed by atoms with Gasteiger partial charge in [0.1, 0.15) is 18.1 Å². The molecule has 0 aliphatic carbocycles. The zero-order valence-corrected chi connectivity index (χ0v) is 16.0. The SMILES string of the molecule is NC(N)=NCCCC(NC(=O)CNC(=O)C(CC(=O)O)NC(=O)C(N)CO)C(=O)O. The predicted octanol–water partition coefficient (Wildman–Crippen LogP) is -5.00. The van der Waals surface area contributed by atoms with Crippen LogP contribution in [0.25, 0.3) is 0 Å². The third-order valence-electron chi connectivity index (χ3n) is 3.55. The average Bonchev–Trinajstić information content (AvgIpc) is 2.66. The van der Waals surface area contributed by atoms with Crippen molar-refractivity contribution in [1.82, 2.24) is 16.0 Å². The number of nitrogens with one attached hydrogen (secondary N) is 3. The Morgan fingerprint density at radius 3 is 2.10 bits per heavy atom. The number of aliphatic carboxylic acids is 2. The van der Waals surface area contributed by atoms with Gasteiger partial charge in [0.05, 0.1) is 19.6 Å². The number of nitrogens with two attached hydrogens (primary N) is 3. The second kappa shape index (κ2) is 13.7. The zero-order chi connectivity index (χ0) is 23.3. The first-order chi connectivity index (χ1) is 14.0. The standard InChI is InChI=1S/C15H27N7O8/c16-7(6-23)12(27)22-9(4-11(25)26)13(28)20-5-10(24)21-8(14(29)30)2-1-3-19-15(17)18/h7-9,23H,1-6,16H2,(H,20,28)(H,21,24)(H,22,27)(H,25,26)(H,29,30)(H4,17,18,19). The summed E-state index contributed by atoms with van der Waals surface area (Å²) in [5.41, 5.74) is 15.6. The van der Waals surface area contributed by atoms with E-state index < -0.39 is 67.4 Å². The molecule has 0 aromatic heterocycles. The summed E-state index contributed by atoms with van der Waals surface area (Å²) in [6, 6.07) is -4.19. The highest BCUT2D eigenvalue weighted by Gasteiger charge is 2.26. The lowest BCUT2D eigenvalue weighted by molar-refractivity contribution is -0.142. The first-order valence-electron chi connectivity index (χ1n) is 8.71. The van der Waals surface area contributed by atoms with Gasteiger partial charge in [0.25, 0.3) is 0 Å². The molecule has 0 aliphatic heterocycles. The summed E-state index contributed by atoms with van der Waals surface area (Å²) in [5, 5.41) is 33.1. The Morgan fingerprint density at radius 1 is 0.967 bits per heavy atom. The van der Waals surface area contributed by atoms with E-state index in [2.05, 4.69) is 15.6 Å². The maximum absolute atomic E-state index is 12.1. The molecule has 0 aromatic rings. The van der Waals surface area contributed by atoms with Crippen molar-refractivity contribution in [2.24, 2.45) is 22.2 Å². The fourth-order valence-electron chi connectivity index (χ4n) is 2.04. The molecule has 0 saturated carbocycles. The minimum Gasteiger partial charge on any atom is -0.481 e. The molecule has 30 heavy (non-hydrogen) atoms. The molecule has 170 valence electrons. The quantitative estimate of drug-likeness (QED) is 0.0710. The normalized spacial score (nSPS) is 13.3. The summed E-state index contributed by atoms with van der Waals surface area (Å²) >= 11 is 0. The molecule has 15 heteroatoms. The largest absolute Gasteiger partial charge is 0.481 e. The summed E-state index contributed by atoms with van der Waals surface area (Å²) < 4.78 is 0. The van der Waals surface area contributed by atoms with E-state index in [0.29, 0.717) is 0 Å². The molecule has 3 atom stereocenters. The minimum absolute atomic E-state index is 0.0164. The van der Waals surface area contributed by atoms with Crippen molar-refractivity contribution in [2.75, 3.05) is 19.7 Å². The van der Waals surface area contributed by atoms with Gasteiger partial charge in [0.2, 0.25) is 17.7 Å². The van der Waals surface area contributed by atoms with Crippen LogP contribution in [-0.2, 0) is 24.0 Å². The van der Waals surface area contributed by atoms with Crippen molar-refractivity contribution < 1.29 is 39.3 Å². The van der Waals surface area contributed by atoms with Gasteiger partial charge in [0.15, 0.2) is 5.96 Å². The van der Waals surface area contributed by atoms with Crippen LogP contribution < -0.4 is 33.2 Å². The number of carboxylic acid groups (broad SMARTS) is 2. The summed E-state index contributed by atoms with van der Waals surface area (Å²) in [7, 11) is 0. The molecule has 0 fully saturated rings. The van der Waals surface area contributed by atoms with E-state index in [1.165, 1.54) is 0 Å². The Kier molecular flexibility index (Phi) is 12.1. The average molecular weight is 433 g/mol. The maximum atomic E-state index is 12.1. The van der Waals surface area contributed by atoms with E-state index in [1.807, 2.05) is 5.32 Å². The van der Waals surface area contributed by atoms with Gasteiger partial charge in [-0.3, -0.25) is 24.2 Å². The van der Waals surface area contributed by atoms with Crippen LogP contribution in [0, 0.1) is 0 Å². The van der Waals surface area contributed by atoms with Gasteiger partial charge < -0.3 is 48.5 Å². The van der Waals surface area contributed by atoms with Crippen LogP contribution >= 0.6 is 0 Å². The Balaban J connectivity index is 4.74. The zero-order valence-electron chi connectivity index (χ0n) is 16.0. The van der Waals surface area contributed by atoms with Gasteiger partial charge in [-0.15, -0.1) is 0 Å². The fourth-order valence-corrected chi connectivity index (χ4v) is 2.04. The van der Waals surface area contributed by atoms with Crippen LogP contribution in [0.4, 0.5) is 0 Å². The van der Waals surface area contributed by atoms with Crippen LogP contribution in [0.3, 0.4) is 0 Å². The molecule has 0 spiro atoms. The number of carboxylic acids is 2. The molecule has 3 unspecified atom stereocenters. The molecule has 0 heterocycles. The lowest BCUT2D eigenvalue weighted by atomic mass is 10.1. The summed E-state index contributed by atoms with van der Waals surface area (Å²) in [6.45, 7) is -1.24. The van der Waals surface area contributed by atoms with Gasteiger partial charge in [-0.25, -0.2) is 4.79 Å². The van der Waals surface area contributed by atoms with E-state index in [4.69, 9.17) is 32.5 Å². The second-order valence-electron chi connectivity index (χ2n) is 6.07. The number of rotatable bonds is 14. The number of hydrogen-bond donors (Lipinski definition) is 9. The third-order valence-corrected chi connectivity index (χ3v) is 3.55. The number of carbonyl (C=O) groups is 5. The third kappa shape index (κ3) is 11.4. The van der Waals surface area contributed by atoms with Crippen molar-refractivity contribution in [3.05, 3.63) is 0 Å². The van der Waals surface area contributed by atoms with E-state index in [0.717, 1.165) is 0 Å². The molecule has 0 aliphatic rings. The highest BCUT2D eigenvalue weighted by Crippen LogP contribution is 1.99. The predicted molar refractivity (Wildman–Crippen MR) is 102 cm³/mol. The van der Waals surface area contributed by atoms with Gasteiger partial charge in [-0.1, -0.05) is 0 Å². The second-order valence-corrected chi connectivity index (χ2v) is 6.07. The lowest BCUT2D eigenvalue weighted by Crippen LogP contribution is -2.54. The van der Waals surface area contributed by atoms with Crippen molar-refractivity contribution in [1.29, 1.82) is 0 Å². The fraction of sp³-hybridized carbons (Fsp3) is 0.600. The summed E-state index contributed by atoms with van der Waals surface area (Å²) in [5.74, 6) is -5.71. The topological polar surface area (TPSA) is 273 Å². The van der Waals surface area contributed by atoms with Crippen LogP contribution in [0.1, 0.15) is 19.3 Å². The molecular weight excluding hydrogens is 406 g/mol. The number of aliphatic hydroxyl groups excluding tert-OH is 1. The van der Waals surface area contributed by atoms with Crippen LogP contribution in [0.5, 0.6) is 0 Å². The molecule has 0 aromatic carbocycles. The molecule has 0 bridgehead atoms. The van der Waals surface area contributed by atoms with Crippen molar-refractivity contribution in [3.8, 4) is 0 Å². The number of guanidine groups is 1. The minimum atomic E-state index is -1.56. The number of aliphatic imine (C=N–C) groups is 1. The smallest absolute Gasteiger partial charge is 0.326 e. The van der Waals surface area contributed by atoms with Crippen LogP contribution in [0.2, 0.25) is 0 Å². The Morgan fingerprint density at radius 2 is 1.60 bits per heavy atom. The Bertz CT molecular complexity index is 665. The molecule has 0 rings (SSSR count). The number of amides is 3. The molecular formula is C15H27N7O8. The molecule has 15 nitrogen and oxygen atoms in total. The van der Waals surface area contributed by atoms with E-state index >= 15 is 0 Å². The summed E-state index contributed by atoms with van der Waals surface area (Å²) in [6.07, 6.45) is -0.526. The molecule has 0 saturated heterocycles. The number of carbonyl (C=O) groups excluding carboxylic acids is 3. The number of nitrogens with zero attached hydrogens (tertiary/aromatic N) is 1. The van der Waals surface area contributed by atoms with E-state index in [9.17, 15) is 24.0 Å². The Labute approximate surface area is 171 Å².